The number of aliphatic hydroxyl groups excluding tert-OH is 1. The number of phosphoric ester groups is 2. The molecule has 0 heterocycles. The van der Waals surface area contributed by atoms with Crippen LogP contribution in [-0.2, 0) is 65.4 Å². The van der Waals surface area contributed by atoms with Crippen LogP contribution in [0.5, 0.6) is 0 Å². The molecule has 570 valence electrons. The van der Waals surface area contributed by atoms with Crippen molar-refractivity contribution in [1.29, 1.82) is 0 Å². The van der Waals surface area contributed by atoms with Crippen molar-refractivity contribution >= 4 is 39.5 Å². The molecule has 0 aromatic carbocycles. The van der Waals surface area contributed by atoms with Gasteiger partial charge in [-0.15, -0.1) is 0 Å². The molecule has 3 N–H and O–H groups in total. The number of hydrogen-bond acceptors (Lipinski definition) is 15. The largest absolute Gasteiger partial charge is 0.472 e. The first-order valence-electron chi connectivity index (χ1n) is 38.1. The highest BCUT2D eigenvalue weighted by Gasteiger charge is 2.30. The van der Waals surface area contributed by atoms with Gasteiger partial charge >= 0.3 is 39.5 Å². The van der Waals surface area contributed by atoms with Crippen molar-refractivity contribution in [3.63, 3.8) is 0 Å². The van der Waals surface area contributed by atoms with Crippen molar-refractivity contribution in [2.75, 3.05) is 39.6 Å². The van der Waals surface area contributed by atoms with E-state index in [1.165, 1.54) is 32.1 Å². The summed E-state index contributed by atoms with van der Waals surface area (Å²) < 4.78 is 68.3. The zero-order chi connectivity index (χ0) is 73.2. The molecule has 100 heavy (non-hydrogen) atoms. The van der Waals surface area contributed by atoms with Crippen molar-refractivity contribution < 1.29 is 80.2 Å². The molecule has 0 aliphatic rings. The van der Waals surface area contributed by atoms with Gasteiger partial charge in [0.05, 0.1) is 26.4 Å². The van der Waals surface area contributed by atoms with Crippen molar-refractivity contribution in [3.05, 3.63) is 146 Å². The van der Waals surface area contributed by atoms with Gasteiger partial charge in [0.15, 0.2) is 12.2 Å². The second-order valence-electron chi connectivity index (χ2n) is 24.8. The Morgan fingerprint density at radius 1 is 0.290 bits per heavy atom. The van der Waals surface area contributed by atoms with Crippen LogP contribution in [0.25, 0.3) is 0 Å². The molecule has 0 spiro atoms. The maximum Gasteiger partial charge on any atom is 0.472 e. The Kier molecular flexibility index (Phi) is 68.6. The Morgan fingerprint density at radius 3 is 0.870 bits per heavy atom. The minimum absolute atomic E-state index is 0.0300. The third-order valence-corrected chi connectivity index (χ3v) is 17.2. The van der Waals surface area contributed by atoms with Gasteiger partial charge in [-0.1, -0.05) is 244 Å². The van der Waals surface area contributed by atoms with Crippen molar-refractivity contribution in [3.8, 4) is 0 Å². The van der Waals surface area contributed by atoms with Crippen LogP contribution >= 0.6 is 15.6 Å². The van der Waals surface area contributed by atoms with E-state index in [2.05, 4.69) is 174 Å². The normalized spacial score (nSPS) is 14.8. The van der Waals surface area contributed by atoms with E-state index in [1.807, 2.05) is 0 Å². The summed E-state index contributed by atoms with van der Waals surface area (Å²) in [5, 5.41) is 10.6. The minimum Gasteiger partial charge on any atom is -0.462 e. The number of hydrogen-bond donors (Lipinski definition) is 3. The predicted octanol–water partition coefficient (Wildman–Crippen LogP) is 21.9. The maximum atomic E-state index is 13.1. The molecule has 19 heteroatoms. The fourth-order valence-corrected chi connectivity index (χ4v) is 11.1. The lowest BCUT2D eigenvalue weighted by Gasteiger charge is -2.21. The average Bonchev–Trinajstić information content (AvgIpc) is 0.985. The molecule has 0 amide bonds. The van der Waals surface area contributed by atoms with E-state index in [1.54, 1.807) is 0 Å². The molecule has 0 saturated carbocycles. The molecular weight excluding hydrogens is 1310 g/mol. The van der Waals surface area contributed by atoms with Crippen LogP contribution < -0.4 is 0 Å². The lowest BCUT2D eigenvalue weighted by atomic mass is 10.1. The Hall–Kier alpha value is -5.06. The summed E-state index contributed by atoms with van der Waals surface area (Å²) >= 11 is 0. The lowest BCUT2D eigenvalue weighted by molar-refractivity contribution is -0.161. The molecular formula is C81H134O17P2. The van der Waals surface area contributed by atoms with E-state index in [4.69, 9.17) is 37.0 Å². The predicted molar refractivity (Wildman–Crippen MR) is 408 cm³/mol. The number of carbonyl (C=O) groups excluding carboxylic acids is 4. The minimum atomic E-state index is -5.00. The second kappa shape index (κ2) is 72.3. The van der Waals surface area contributed by atoms with Crippen LogP contribution in [0, 0.1) is 0 Å². The highest BCUT2D eigenvalue weighted by Crippen LogP contribution is 2.45. The molecule has 0 aliphatic carbocycles. The van der Waals surface area contributed by atoms with Gasteiger partial charge in [0, 0.05) is 25.7 Å². The SMILES string of the molecule is CC/C=C\C/C=C\C/C=C\C/C=C\C/C=C\CCCCCC(=O)OCC(COP(=O)(O)OCC(O)COP(=O)(O)OCC(COC(=O)CCCCCCC/C=C\C/C=C\CCCCC)OC(=O)CCCCCCC/C=C\CCCC)OC(=O)CCCC/C=C\C/C=C\C/C=C\C/C=C\CC. The van der Waals surface area contributed by atoms with Crippen molar-refractivity contribution in [2.45, 2.75) is 303 Å². The highest BCUT2D eigenvalue weighted by atomic mass is 31.2. The monoisotopic (exact) mass is 1440 g/mol. The molecule has 0 aromatic rings. The Bertz CT molecular complexity index is 2470. The molecule has 0 fully saturated rings. The molecule has 0 saturated heterocycles. The molecule has 0 radical (unpaired) electrons. The smallest absolute Gasteiger partial charge is 0.462 e. The molecule has 0 aromatic heterocycles. The summed E-state index contributed by atoms with van der Waals surface area (Å²) in [6, 6.07) is 0. The van der Waals surface area contributed by atoms with Crippen LogP contribution in [0.4, 0.5) is 0 Å². The quantitative estimate of drug-likeness (QED) is 0.0169. The Balaban J connectivity index is 5.42. The third-order valence-electron chi connectivity index (χ3n) is 15.3. The van der Waals surface area contributed by atoms with E-state index >= 15 is 0 Å². The zero-order valence-electron chi connectivity index (χ0n) is 62.1. The van der Waals surface area contributed by atoms with Crippen LogP contribution in [0.2, 0.25) is 0 Å². The zero-order valence-corrected chi connectivity index (χ0v) is 63.9. The molecule has 5 atom stereocenters. The summed E-state index contributed by atoms with van der Waals surface area (Å²) in [4.78, 5) is 72.8. The first kappa shape index (κ1) is 94.9. The van der Waals surface area contributed by atoms with Gasteiger partial charge in [-0.3, -0.25) is 37.3 Å². The summed E-state index contributed by atoms with van der Waals surface area (Å²) in [6.45, 7) is 4.45. The number of esters is 4. The van der Waals surface area contributed by atoms with Crippen LogP contribution in [-0.4, -0.2) is 96.7 Å². The Morgan fingerprint density at radius 2 is 0.530 bits per heavy atom. The van der Waals surface area contributed by atoms with E-state index in [-0.39, 0.29) is 25.7 Å². The van der Waals surface area contributed by atoms with Gasteiger partial charge in [0.1, 0.15) is 19.3 Å². The van der Waals surface area contributed by atoms with E-state index in [0.717, 1.165) is 167 Å². The van der Waals surface area contributed by atoms with Gasteiger partial charge < -0.3 is 33.8 Å². The molecule has 5 unspecified atom stereocenters. The van der Waals surface area contributed by atoms with E-state index in [9.17, 15) is 43.2 Å². The summed E-state index contributed by atoms with van der Waals surface area (Å²) in [5.41, 5.74) is 0. The third kappa shape index (κ3) is 71.3. The van der Waals surface area contributed by atoms with E-state index < -0.39 is 97.5 Å². The Labute approximate surface area is 605 Å². The number of carbonyl (C=O) groups is 4. The number of allylic oxidation sites excluding steroid dienone is 24. The first-order valence-corrected chi connectivity index (χ1v) is 41.1. The molecule has 0 aliphatic heterocycles. The fraction of sp³-hybridized carbons (Fsp3) is 0.654. The summed E-state index contributed by atoms with van der Waals surface area (Å²) in [7, 11) is -9.98. The topological polar surface area (TPSA) is 237 Å². The average molecular weight is 1440 g/mol. The number of rotatable bonds is 70. The number of ether oxygens (including phenoxy) is 4. The number of phosphoric acid groups is 2. The summed E-state index contributed by atoms with van der Waals surface area (Å²) in [6.07, 6.45) is 81.3. The first-order chi connectivity index (χ1) is 48.7. The molecule has 0 rings (SSSR count). The molecule has 17 nitrogen and oxygen atoms in total. The van der Waals surface area contributed by atoms with Gasteiger partial charge in [0.2, 0.25) is 0 Å². The summed E-state index contributed by atoms with van der Waals surface area (Å²) in [5.74, 6) is -2.29. The number of unbranched alkanes of at least 4 members (excludes halogenated alkanes) is 20. The van der Waals surface area contributed by atoms with Crippen molar-refractivity contribution in [1.82, 2.24) is 0 Å². The standard InChI is InChI=1S/C81H134O17P2/c1-5-9-13-17-21-25-29-32-35-36-37-38-41-43-47-50-54-58-62-66-79(84)92-72-77(98-81(86)68-64-60-56-52-48-44-40-34-31-27-23-19-15-11-7-3)74-96-100(89,90)94-70-75(82)69-93-99(87,88)95-73-76(97-80(85)67-63-59-55-51-45-28-24-20-16-12-8-4)71-91-78(83)65-61-57-53-49-46-42-39-33-30-26-22-18-14-10-6-2/h9,11,13,15,20-27,32-35,37-40,43,47-48,52,75-77,82H,5-8,10,12,14,16-19,28-31,36,41-42,44-46,49-51,53-74H2,1-4H3,(H,87,88)(H,89,90)/b13-9-,15-11-,24-20-,25-21-,26-22-,27-23-,35-32-,38-37-,39-33-,40-34-,47-43-,52-48-. The van der Waals surface area contributed by atoms with E-state index in [0.29, 0.717) is 32.1 Å². The van der Waals surface area contributed by atoms with Crippen LogP contribution in [0.15, 0.2) is 146 Å². The maximum absolute atomic E-state index is 13.1. The van der Waals surface area contributed by atoms with Gasteiger partial charge in [-0.25, -0.2) is 9.13 Å². The van der Waals surface area contributed by atoms with Gasteiger partial charge in [-0.05, 0) is 161 Å². The second-order valence-corrected chi connectivity index (χ2v) is 27.7. The number of aliphatic hydroxyl groups is 1. The van der Waals surface area contributed by atoms with Crippen LogP contribution in [0.1, 0.15) is 285 Å². The van der Waals surface area contributed by atoms with Gasteiger partial charge in [-0.2, -0.15) is 0 Å². The van der Waals surface area contributed by atoms with Gasteiger partial charge in [0.25, 0.3) is 0 Å². The fourth-order valence-electron chi connectivity index (χ4n) is 9.48. The highest BCUT2D eigenvalue weighted by molar-refractivity contribution is 7.47. The van der Waals surface area contributed by atoms with Crippen LogP contribution in [0.3, 0.4) is 0 Å². The van der Waals surface area contributed by atoms with Crippen molar-refractivity contribution in [2.24, 2.45) is 0 Å². The molecule has 0 bridgehead atoms. The lowest BCUT2D eigenvalue weighted by Crippen LogP contribution is -2.30.